The van der Waals surface area contributed by atoms with Crippen molar-refractivity contribution in [1.82, 2.24) is 0 Å². The van der Waals surface area contributed by atoms with Gasteiger partial charge in [0.2, 0.25) is 0 Å². The molecule has 1 fully saturated rings. The summed E-state index contributed by atoms with van der Waals surface area (Å²) in [4.78, 5) is 2.08. The smallest absolute Gasteiger partial charge is 0.399 e. The number of hydrogen-bond donors (Lipinski definition) is 0. The normalized spacial score (nSPS) is 21.1. The van der Waals surface area contributed by atoms with E-state index in [1.807, 2.05) is 26.2 Å². The predicted octanol–water partition coefficient (Wildman–Crippen LogP) is 2.05. The lowest BCUT2D eigenvalue weighted by Crippen LogP contribution is -2.41. The first-order valence-electron chi connectivity index (χ1n) is 6.36. The molecule has 1 aromatic carbocycles. The Bertz CT molecular complexity index is 427. The van der Waals surface area contributed by atoms with Crippen molar-refractivity contribution in [1.29, 1.82) is 0 Å². The van der Waals surface area contributed by atoms with Crippen LogP contribution in [0.5, 0.6) is 0 Å². The fraction of sp³-hybridized carbons (Fsp3) is 0.571. The van der Waals surface area contributed by atoms with Gasteiger partial charge in [0.25, 0.3) is 0 Å². The summed E-state index contributed by atoms with van der Waals surface area (Å²) in [5, 5.41) is 0. The van der Waals surface area contributed by atoms with Crippen molar-refractivity contribution in [3.05, 3.63) is 24.3 Å². The summed E-state index contributed by atoms with van der Waals surface area (Å²) in [5.74, 6) is 0. The molecule has 1 heterocycles. The molecular formula is C14H22BNO2. The molecule has 0 radical (unpaired) electrons. The fourth-order valence-corrected chi connectivity index (χ4v) is 2.06. The van der Waals surface area contributed by atoms with Gasteiger partial charge >= 0.3 is 7.12 Å². The Labute approximate surface area is 110 Å². The molecule has 0 atom stereocenters. The van der Waals surface area contributed by atoms with Gasteiger partial charge in [0.1, 0.15) is 0 Å². The Morgan fingerprint density at radius 3 is 1.94 bits per heavy atom. The van der Waals surface area contributed by atoms with Crippen LogP contribution in [0.3, 0.4) is 0 Å². The SMILES string of the molecule is CN(C)c1ccccc1B1OC(C)(C)C(C)(C)O1. The molecule has 2 rings (SSSR count). The second kappa shape index (κ2) is 4.28. The topological polar surface area (TPSA) is 21.7 Å². The lowest BCUT2D eigenvalue weighted by molar-refractivity contribution is 0.00578. The maximum absolute atomic E-state index is 6.09. The van der Waals surface area contributed by atoms with Crippen molar-refractivity contribution < 1.29 is 9.31 Å². The van der Waals surface area contributed by atoms with Gasteiger partial charge in [-0.2, -0.15) is 0 Å². The largest absolute Gasteiger partial charge is 0.496 e. The first kappa shape index (κ1) is 13.4. The van der Waals surface area contributed by atoms with E-state index in [-0.39, 0.29) is 18.3 Å². The molecule has 1 aliphatic rings. The first-order chi connectivity index (χ1) is 8.24. The monoisotopic (exact) mass is 247 g/mol. The molecule has 0 spiro atoms. The number of hydrogen-bond acceptors (Lipinski definition) is 3. The Hall–Kier alpha value is -0.995. The third kappa shape index (κ3) is 2.15. The molecule has 4 heteroatoms. The molecule has 1 saturated heterocycles. The molecule has 0 amide bonds. The third-order valence-electron chi connectivity index (χ3n) is 3.93. The van der Waals surface area contributed by atoms with Crippen molar-refractivity contribution in [2.45, 2.75) is 38.9 Å². The zero-order valence-electron chi connectivity index (χ0n) is 12.2. The number of nitrogens with zero attached hydrogens (tertiary/aromatic N) is 1. The molecule has 1 aliphatic heterocycles. The summed E-state index contributed by atoms with van der Waals surface area (Å²) in [6, 6.07) is 8.20. The zero-order chi connectivity index (χ0) is 13.6. The average molecular weight is 247 g/mol. The van der Waals surface area contributed by atoms with Gasteiger partial charge in [-0.25, -0.2) is 0 Å². The van der Waals surface area contributed by atoms with Crippen LogP contribution in [0, 0.1) is 0 Å². The average Bonchev–Trinajstić information content (AvgIpc) is 2.48. The molecular weight excluding hydrogens is 225 g/mol. The summed E-state index contributed by atoms with van der Waals surface area (Å²) < 4.78 is 12.2. The first-order valence-corrected chi connectivity index (χ1v) is 6.36. The van der Waals surface area contributed by atoms with Crippen molar-refractivity contribution >= 4 is 18.3 Å². The molecule has 0 saturated carbocycles. The minimum atomic E-state index is -0.298. The van der Waals surface area contributed by atoms with E-state index in [1.165, 1.54) is 0 Å². The molecule has 3 nitrogen and oxygen atoms in total. The third-order valence-corrected chi connectivity index (χ3v) is 3.93. The van der Waals surface area contributed by atoms with Crippen LogP contribution in [-0.4, -0.2) is 32.4 Å². The van der Waals surface area contributed by atoms with Crippen LogP contribution >= 0.6 is 0 Å². The van der Waals surface area contributed by atoms with Crippen molar-refractivity contribution in [3.8, 4) is 0 Å². The zero-order valence-corrected chi connectivity index (χ0v) is 12.2. The Morgan fingerprint density at radius 1 is 0.944 bits per heavy atom. The summed E-state index contributed by atoms with van der Waals surface area (Å²) in [5.41, 5.74) is 1.63. The summed E-state index contributed by atoms with van der Waals surface area (Å²) in [7, 11) is 3.77. The predicted molar refractivity (Wildman–Crippen MR) is 76.5 cm³/mol. The standard InChI is InChI=1S/C14H22BNO2/c1-13(2)14(3,4)18-15(17-13)11-9-7-8-10-12(11)16(5)6/h7-10H,1-6H3. The molecule has 0 aliphatic carbocycles. The van der Waals surface area contributed by atoms with Crippen LogP contribution < -0.4 is 10.4 Å². The van der Waals surface area contributed by atoms with Gasteiger partial charge in [0, 0.05) is 25.2 Å². The van der Waals surface area contributed by atoms with E-state index in [4.69, 9.17) is 9.31 Å². The van der Waals surface area contributed by atoms with Crippen LogP contribution in [0.15, 0.2) is 24.3 Å². The van der Waals surface area contributed by atoms with Gasteiger partial charge < -0.3 is 14.2 Å². The Kier molecular flexibility index (Phi) is 3.20. The quantitative estimate of drug-likeness (QED) is 0.746. The molecule has 1 aromatic rings. The Morgan fingerprint density at radius 2 is 1.44 bits per heavy atom. The van der Waals surface area contributed by atoms with E-state index < -0.39 is 0 Å². The summed E-state index contributed by atoms with van der Waals surface area (Å²) >= 11 is 0. The highest BCUT2D eigenvalue weighted by atomic mass is 16.7. The van der Waals surface area contributed by atoms with Crippen LogP contribution in [0.25, 0.3) is 0 Å². The highest BCUT2D eigenvalue weighted by molar-refractivity contribution is 6.64. The molecule has 0 unspecified atom stereocenters. The van der Waals surface area contributed by atoms with E-state index in [0.29, 0.717) is 0 Å². The maximum Gasteiger partial charge on any atom is 0.496 e. The van der Waals surface area contributed by atoms with E-state index in [0.717, 1.165) is 11.2 Å². The minimum Gasteiger partial charge on any atom is -0.399 e. The van der Waals surface area contributed by atoms with Gasteiger partial charge in [-0.15, -0.1) is 0 Å². The molecule has 0 bridgehead atoms. The van der Waals surface area contributed by atoms with Gasteiger partial charge in [0.05, 0.1) is 11.2 Å². The van der Waals surface area contributed by atoms with E-state index in [1.54, 1.807) is 0 Å². The molecule has 18 heavy (non-hydrogen) atoms. The van der Waals surface area contributed by atoms with Crippen LogP contribution in [0.2, 0.25) is 0 Å². The second-order valence-electron chi connectivity index (χ2n) is 6.04. The van der Waals surface area contributed by atoms with Crippen LogP contribution in [0.4, 0.5) is 5.69 Å². The fourth-order valence-electron chi connectivity index (χ4n) is 2.06. The lowest BCUT2D eigenvalue weighted by atomic mass is 9.77. The Balaban J connectivity index is 2.35. The minimum absolute atomic E-state index is 0.295. The number of benzene rings is 1. The number of rotatable bonds is 2. The second-order valence-corrected chi connectivity index (χ2v) is 6.04. The van der Waals surface area contributed by atoms with E-state index in [2.05, 4.69) is 44.7 Å². The van der Waals surface area contributed by atoms with E-state index >= 15 is 0 Å². The van der Waals surface area contributed by atoms with Gasteiger partial charge in [-0.05, 0) is 33.8 Å². The van der Waals surface area contributed by atoms with Crippen molar-refractivity contribution in [2.24, 2.45) is 0 Å². The summed E-state index contributed by atoms with van der Waals surface area (Å²) in [6.07, 6.45) is 0. The molecule has 98 valence electrons. The van der Waals surface area contributed by atoms with Crippen molar-refractivity contribution in [2.75, 3.05) is 19.0 Å². The van der Waals surface area contributed by atoms with E-state index in [9.17, 15) is 0 Å². The molecule has 0 aromatic heterocycles. The highest BCUT2D eigenvalue weighted by Gasteiger charge is 2.52. The maximum atomic E-state index is 6.09. The number of para-hydroxylation sites is 1. The molecule has 0 N–H and O–H groups in total. The summed E-state index contributed by atoms with van der Waals surface area (Å²) in [6.45, 7) is 8.30. The van der Waals surface area contributed by atoms with Gasteiger partial charge in [-0.3, -0.25) is 0 Å². The van der Waals surface area contributed by atoms with Crippen molar-refractivity contribution in [3.63, 3.8) is 0 Å². The van der Waals surface area contributed by atoms with Gasteiger partial charge in [0.15, 0.2) is 0 Å². The van der Waals surface area contributed by atoms with Crippen LogP contribution in [-0.2, 0) is 9.31 Å². The highest BCUT2D eigenvalue weighted by Crippen LogP contribution is 2.37. The van der Waals surface area contributed by atoms with Crippen LogP contribution in [0.1, 0.15) is 27.7 Å². The lowest BCUT2D eigenvalue weighted by Gasteiger charge is -2.32. The number of anilines is 1. The van der Waals surface area contributed by atoms with Gasteiger partial charge in [-0.1, -0.05) is 18.2 Å².